The van der Waals surface area contributed by atoms with E-state index in [1.807, 2.05) is 13.2 Å². The molecular weight excluding hydrogens is 256 g/mol. The molecule has 1 aromatic rings. The van der Waals surface area contributed by atoms with Crippen LogP contribution >= 0.6 is 11.8 Å². The minimum absolute atomic E-state index is 0.249. The minimum Gasteiger partial charge on any atom is -0.399 e. The van der Waals surface area contributed by atoms with Gasteiger partial charge in [0, 0.05) is 17.5 Å². The number of nitrogens with one attached hydrogen (secondary N) is 1. The number of thioether (sulfide) groups is 1. The van der Waals surface area contributed by atoms with Crippen molar-refractivity contribution in [3.05, 3.63) is 23.8 Å². The summed E-state index contributed by atoms with van der Waals surface area (Å²) < 4.78 is 26.6. The van der Waals surface area contributed by atoms with Crippen LogP contribution in [-0.2, 0) is 10.0 Å². The van der Waals surface area contributed by atoms with Crippen molar-refractivity contribution in [2.75, 3.05) is 18.5 Å². The third-order valence-electron chi connectivity index (χ3n) is 2.45. The van der Waals surface area contributed by atoms with E-state index in [4.69, 9.17) is 5.73 Å². The molecule has 0 heterocycles. The fraction of sp³-hybridized carbons (Fsp3) is 0.455. The molecule has 1 atom stereocenters. The number of hydrogen-bond acceptors (Lipinski definition) is 4. The fourth-order valence-corrected chi connectivity index (χ4v) is 3.07. The third kappa shape index (κ3) is 3.90. The Morgan fingerprint density at radius 3 is 2.65 bits per heavy atom. The standard InChI is InChI=1S/C11H18N2O2S2/c1-8-6-10(12)4-5-11(8)17(14,15)13-7-9(2)16-3/h4-6,9,13H,7,12H2,1-3H3. The topological polar surface area (TPSA) is 72.2 Å². The van der Waals surface area contributed by atoms with Gasteiger partial charge in [-0.3, -0.25) is 0 Å². The summed E-state index contributed by atoms with van der Waals surface area (Å²) in [7, 11) is -3.43. The van der Waals surface area contributed by atoms with Gasteiger partial charge in [0.2, 0.25) is 10.0 Å². The van der Waals surface area contributed by atoms with Crippen molar-refractivity contribution in [2.45, 2.75) is 24.0 Å². The molecule has 17 heavy (non-hydrogen) atoms. The van der Waals surface area contributed by atoms with Gasteiger partial charge < -0.3 is 5.73 Å². The Balaban J connectivity index is 2.90. The predicted molar refractivity (Wildman–Crippen MR) is 73.8 cm³/mol. The number of aryl methyl sites for hydroxylation is 1. The lowest BCUT2D eigenvalue weighted by molar-refractivity contribution is 0.581. The monoisotopic (exact) mass is 274 g/mol. The summed E-state index contributed by atoms with van der Waals surface area (Å²) in [5.41, 5.74) is 6.83. The van der Waals surface area contributed by atoms with Gasteiger partial charge in [0.25, 0.3) is 0 Å². The average molecular weight is 274 g/mol. The van der Waals surface area contributed by atoms with Crippen LogP contribution < -0.4 is 10.5 Å². The Bertz CT molecular complexity index is 486. The first-order chi connectivity index (χ1) is 7.86. The van der Waals surface area contributed by atoms with Gasteiger partial charge in [0.15, 0.2) is 0 Å². The number of hydrogen-bond donors (Lipinski definition) is 2. The van der Waals surface area contributed by atoms with Gasteiger partial charge in [-0.25, -0.2) is 13.1 Å². The van der Waals surface area contributed by atoms with Gasteiger partial charge in [0.05, 0.1) is 4.90 Å². The smallest absolute Gasteiger partial charge is 0.240 e. The van der Waals surface area contributed by atoms with Crippen LogP contribution in [0.5, 0.6) is 0 Å². The van der Waals surface area contributed by atoms with Gasteiger partial charge in [-0.2, -0.15) is 11.8 Å². The number of anilines is 1. The number of benzene rings is 1. The van der Waals surface area contributed by atoms with E-state index in [1.54, 1.807) is 30.8 Å². The molecule has 0 aliphatic heterocycles. The zero-order valence-electron chi connectivity index (χ0n) is 10.2. The average Bonchev–Trinajstić information content (AvgIpc) is 2.25. The van der Waals surface area contributed by atoms with Crippen LogP contribution in [0.3, 0.4) is 0 Å². The number of rotatable bonds is 5. The predicted octanol–water partition coefficient (Wildman–Crippen LogP) is 1.61. The zero-order chi connectivity index (χ0) is 13.1. The van der Waals surface area contributed by atoms with E-state index in [2.05, 4.69) is 4.72 Å². The molecule has 0 bridgehead atoms. The molecule has 0 aliphatic rings. The Kier molecular flexibility index (Phi) is 4.85. The van der Waals surface area contributed by atoms with Crippen molar-refractivity contribution in [3.8, 4) is 0 Å². The second kappa shape index (κ2) is 5.75. The quantitative estimate of drug-likeness (QED) is 0.800. The molecule has 0 radical (unpaired) electrons. The summed E-state index contributed by atoms with van der Waals surface area (Å²) in [6.07, 6.45) is 1.95. The van der Waals surface area contributed by atoms with E-state index in [0.717, 1.165) is 0 Å². The first kappa shape index (κ1) is 14.3. The zero-order valence-corrected chi connectivity index (χ0v) is 11.9. The molecule has 0 amide bonds. The highest BCUT2D eigenvalue weighted by molar-refractivity contribution is 7.99. The van der Waals surface area contributed by atoms with Crippen LogP contribution in [0.15, 0.2) is 23.1 Å². The van der Waals surface area contributed by atoms with Crippen molar-refractivity contribution in [3.63, 3.8) is 0 Å². The van der Waals surface area contributed by atoms with Crippen molar-refractivity contribution >= 4 is 27.5 Å². The van der Waals surface area contributed by atoms with Crippen molar-refractivity contribution in [2.24, 2.45) is 0 Å². The van der Waals surface area contributed by atoms with Gasteiger partial charge in [0.1, 0.15) is 0 Å². The van der Waals surface area contributed by atoms with Crippen LogP contribution in [0, 0.1) is 6.92 Å². The molecule has 0 aliphatic carbocycles. The lowest BCUT2D eigenvalue weighted by Crippen LogP contribution is -2.29. The summed E-state index contributed by atoms with van der Waals surface area (Å²) in [5, 5.41) is 0.249. The van der Waals surface area contributed by atoms with Crippen molar-refractivity contribution < 1.29 is 8.42 Å². The maximum absolute atomic E-state index is 12.0. The molecule has 0 aromatic heterocycles. The third-order valence-corrected chi connectivity index (χ3v) is 5.01. The molecule has 0 fully saturated rings. The number of sulfonamides is 1. The van der Waals surface area contributed by atoms with E-state index in [-0.39, 0.29) is 5.25 Å². The van der Waals surface area contributed by atoms with Gasteiger partial charge in [-0.05, 0) is 36.9 Å². The molecule has 4 nitrogen and oxygen atoms in total. The second-order valence-electron chi connectivity index (χ2n) is 3.92. The molecule has 0 saturated heterocycles. The highest BCUT2D eigenvalue weighted by Gasteiger charge is 2.17. The highest BCUT2D eigenvalue weighted by Crippen LogP contribution is 2.18. The van der Waals surface area contributed by atoms with Crippen LogP contribution in [0.2, 0.25) is 0 Å². The Morgan fingerprint density at radius 2 is 2.12 bits per heavy atom. The highest BCUT2D eigenvalue weighted by atomic mass is 32.2. The van der Waals surface area contributed by atoms with E-state index in [1.165, 1.54) is 6.07 Å². The second-order valence-corrected chi connectivity index (χ2v) is 6.93. The summed E-state index contributed by atoms with van der Waals surface area (Å²) in [6.45, 7) is 4.14. The molecule has 1 aromatic carbocycles. The van der Waals surface area contributed by atoms with E-state index >= 15 is 0 Å². The van der Waals surface area contributed by atoms with E-state index in [9.17, 15) is 8.42 Å². The molecule has 3 N–H and O–H groups in total. The molecule has 0 saturated carbocycles. The summed E-state index contributed by atoms with van der Waals surface area (Å²) >= 11 is 1.62. The lowest BCUT2D eigenvalue weighted by Gasteiger charge is -2.12. The Labute approximate surface area is 107 Å². The van der Waals surface area contributed by atoms with Crippen LogP contribution in [-0.4, -0.2) is 26.5 Å². The summed E-state index contributed by atoms with van der Waals surface area (Å²) in [6, 6.07) is 4.79. The molecular formula is C11H18N2O2S2. The molecule has 0 spiro atoms. The minimum atomic E-state index is -3.43. The van der Waals surface area contributed by atoms with Gasteiger partial charge in [-0.15, -0.1) is 0 Å². The Morgan fingerprint density at radius 1 is 1.47 bits per heavy atom. The maximum atomic E-state index is 12.0. The molecule has 6 heteroatoms. The van der Waals surface area contributed by atoms with E-state index < -0.39 is 10.0 Å². The molecule has 1 unspecified atom stereocenters. The fourth-order valence-electron chi connectivity index (χ4n) is 1.36. The van der Waals surface area contributed by atoms with E-state index in [0.29, 0.717) is 22.7 Å². The number of nitrogens with two attached hydrogens (primary N) is 1. The van der Waals surface area contributed by atoms with Crippen molar-refractivity contribution in [1.29, 1.82) is 0 Å². The van der Waals surface area contributed by atoms with Crippen LogP contribution in [0.25, 0.3) is 0 Å². The molecule has 1 rings (SSSR count). The maximum Gasteiger partial charge on any atom is 0.240 e. The molecule has 96 valence electrons. The first-order valence-corrected chi connectivity index (χ1v) is 8.02. The van der Waals surface area contributed by atoms with Gasteiger partial charge in [-0.1, -0.05) is 6.92 Å². The SMILES string of the molecule is CSC(C)CNS(=O)(=O)c1ccc(N)cc1C. The van der Waals surface area contributed by atoms with Crippen molar-refractivity contribution in [1.82, 2.24) is 4.72 Å². The normalized spacial score (nSPS) is 13.6. The first-order valence-electron chi connectivity index (χ1n) is 5.25. The van der Waals surface area contributed by atoms with Gasteiger partial charge >= 0.3 is 0 Å². The van der Waals surface area contributed by atoms with Crippen LogP contribution in [0.4, 0.5) is 5.69 Å². The summed E-state index contributed by atoms with van der Waals surface area (Å²) in [5.74, 6) is 0. The largest absolute Gasteiger partial charge is 0.399 e. The summed E-state index contributed by atoms with van der Waals surface area (Å²) in [4.78, 5) is 0.292. The number of nitrogen functional groups attached to an aromatic ring is 1. The Hall–Kier alpha value is -0.720. The van der Waals surface area contributed by atoms with Crippen LogP contribution in [0.1, 0.15) is 12.5 Å². The lowest BCUT2D eigenvalue weighted by atomic mass is 10.2.